The zero-order chi connectivity index (χ0) is 13.4. The molecule has 1 aromatic rings. The second-order valence-electron chi connectivity index (χ2n) is 5.33. The topological polar surface area (TPSA) is 58.6 Å². The van der Waals surface area contributed by atoms with Crippen LogP contribution >= 0.6 is 11.3 Å². The molecule has 104 valence electrons. The van der Waals surface area contributed by atoms with Crippen molar-refractivity contribution in [3.8, 4) is 0 Å². The predicted octanol–water partition coefficient (Wildman–Crippen LogP) is 1.50. The highest BCUT2D eigenvalue weighted by molar-refractivity contribution is 7.14. The van der Waals surface area contributed by atoms with Gasteiger partial charge in [0.15, 0.2) is 0 Å². The van der Waals surface area contributed by atoms with Gasteiger partial charge >= 0.3 is 0 Å². The molecule has 0 bridgehead atoms. The van der Waals surface area contributed by atoms with Gasteiger partial charge in [-0.3, -0.25) is 4.79 Å². The first kappa shape index (κ1) is 13.1. The van der Waals surface area contributed by atoms with E-state index < -0.39 is 6.10 Å². The molecule has 1 saturated carbocycles. The lowest BCUT2D eigenvalue weighted by molar-refractivity contribution is 0.000229. The van der Waals surface area contributed by atoms with Crippen molar-refractivity contribution >= 4 is 17.2 Å². The standard InChI is InChI=1S/C14H19NO3S/c1-18-10-6-5-9(13(10)16)15-14(17)12-7-8-3-2-4-11(8)19-12/h7,9-10,13,16H,2-6H2,1H3,(H,15,17)/t9-,10-,13-/m1/s1. The van der Waals surface area contributed by atoms with Crippen molar-refractivity contribution in [1.82, 2.24) is 5.32 Å². The Hall–Kier alpha value is -0.910. The highest BCUT2D eigenvalue weighted by Crippen LogP contribution is 2.31. The van der Waals surface area contributed by atoms with Crippen molar-refractivity contribution < 1.29 is 14.6 Å². The third-order valence-corrected chi connectivity index (χ3v) is 5.38. The van der Waals surface area contributed by atoms with Crippen LogP contribution in [-0.4, -0.2) is 36.4 Å². The maximum absolute atomic E-state index is 12.2. The van der Waals surface area contributed by atoms with E-state index in [0.717, 1.165) is 30.6 Å². The molecule has 2 aliphatic rings. The smallest absolute Gasteiger partial charge is 0.261 e. The van der Waals surface area contributed by atoms with Crippen molar-refractivity contribution in [2.24, 2.45) is 0 Å². The summed E-state index contributed by atoms with van der Waals surface area (Å²) < 4.78 is 5.19. The highest BCUT2D eigenvalue weighted by atomic mass is 32.1. The fourth-order valence-corrected chi connectivity index (χ4v) is 4.20. The minimum atomic E-state index is -0.597. The third-order valence-electron chi connectivity index (χ3n) is 4.14. The first-order chi connectivity index (χ1) is 9.19. The number of aliphatic hydroxyl groups is 1. The monoisotopic (exact) mass is 281 g/mol. The van der Waals surface area contributed by atoms with E-state index in [2.05, 4.69) is 5.32 Å². The van der Waals surface area contributed by atoms with Crippen LogP contribution in [0.1, 0.15) is 39.4 Å². The lowest BCUT2D eigenvalue weighted by Gasteiger charge is -2.19. The Bertz CT molecular complexity index is 464. The van der Waals surface area contributed by atoms with Gasteiger partial charge in [-0.1, -0.05) is 0 Å². The molecule has 2 N–H and O–H groups in total. The second kappa shape index (κ2) is 5.23. The van der Waals surface area contributed by atoms with Crippen molar-refractivity contribution in [1.29, 1.82) is 0 Å². The summed E-state index contributed by atoms with van der Waals surface area (Å²) in [5.41, 5.74) is 1.33. The number of fused-ring (bicyclic) bond motifs is 1. The van der Waals surface area contributed by atoms with Crippen molar-refractivity contribution in [2.75, 3.05) is 7.11 Å². The van der Waals surface area contributed by atoms with Crippen LogP contribution < -0.4 is 5.32 Å². The van der Waals surface area contributed by atoms with E-state index in [9.17, 15) is 9.90 Å². The Morgan fingerprint density at radius 3 is 3.00 bits per heavy atom. The Kier molecular flexibility index (Phi) is 3.60. The van der Waals surface area contributed by atoms with E-state index in [1.165, 1.54) is 16.9 Å². The summed E-state index contributed by atoms with van der Waals surface area (Å²) in [6.45, 7) is 0. The molecule has 19 heavy (non-hydrogen) atoms. The highest BCUT2D eigenvalue weighted by Gasteiger charge is 2.36. The van der Waals surface area contributed by atoms with Gasteiger partial charge in [-0.05, 0) is 43.7 Å². The molecule has 1 fully saturated rings. The largest absolute Gasteiger partial charge is 0.388 e. The number of nitrogens with one attached hydrogen (secondary N) is 1. The fraction of sp³-hybridized carbons (Fsp3) is 0.643. The normalized spacial score (nSPS) is 29.5. The number of rotatable bonds is 3. The van der Waals surface area contributed by atoms with Crippen LogP contribution in [0.25, 0.3) is 0 Å². The zero-order valence-electron chi connectivity index (χ0n) is 11.0. The van der Waals surface area contributed by atoms with Gasteiger partial charge in [0, 0.05) is 12.0 Å². The van der Waals surface area contributed by atoms with E-state index in [1.807, 2.05) is 6.07 Å². The van der Waals surface area contributed by atoms with E-state index >= 15 is 0 Å². The number of amides is 1. The van der Waals surface area contributed by atoms with Gasteiger partial charge < -0.3 is 15.2 Å². The van der Waals surface area contributed by atoms with Gasteiger partial charge in [-0.25, -0.2) is 0 Å². The Morgan fingerprint density at radius 2 is 2.32 bits per heavy atom. The van der Waals surface area contributed by atoms with Gasteiger partial charge in [0.25, 0.3) is 5.91 Å². The average molecular weight is 281 g/mol. The fourth-order valence-electron chi connectivity index (χ4n) is 3.04. The minimum absolute atomic E-state index is 0.0554. The molecule has 1 heterocycles. The lowest BCUT2D eigenvalue weighted by atomic mass is 10.2. The number of ether oxygens (including phenoxy) is 1. The van der Waals surface area contributed by atoms with Gasteiger partial charge in [0.2, 0.25) is 0 Å². The molecule has 0 unspecified atom stereocenters. The molecule has 0 aliphatic heterocycles. The summed E-state index contributed by atoms with van der Waals surface area (Å²) in [5, 5.41) is 13.0. The van der Waals surface area contributed by atoms with E-state index in [-0.39, 0.29) is 18.1 Å². The number of methoxy groups -OCH3 is 1. The lowest BCUT2D eigenvalue weighted by Crippen LogP contribution is -2.43. The first-order valence-corrected chi connectivity index (χ1v) is 7.64. The van der Waals surface area contributed by atoms with Crippen LogP contribution in [0.15, 0.2) is 6.07 Å². The van der Waals surface area contributed by atoms with Crippen LogP contribution in [0.2, 0.25) is 0 Å². The summed E-state index contributed by atoms with van der Waals surface area (Å²) in [4.78, 5) is 14.3. The molecule has 5 heteroatoms. The summed E-state index contributed by atoms with van der Waals surface area (Å²) in [5.74, 6) is -0.0554. The molecule has 3 atom stereocenters. The minimum Gasteiger partial charge on any atom is -0.388 e. The predicted molar refractivity (Wildman–Crippen MR) is 73.6 cm³/mol. The van der Waals surface area contributed by atoms with Crippen LogP contribution in [0.4, 0.5) is 0 Å². The van der Waals surface area contributed by atoms with E-state index in [4.69, 9.17) is 4.74 Å². The van der Waals surface area contributed by atoms with Gasteiger partial charge in [-0.15, -0.1) is 11.3 Å². The molecule has 0 saturated heterocycles. The van der Waals surface area contributed by atoms with Crippen LogP contribution in [0.3, 0.4) is 0 Å². The van der Waals surface area contributed by atoms with Gasteiger partial charge in [0.1, 0.15) is 6.10 Å². The van der Waals surface area contributed by atoms with E-state index in [0.29, 0.717) is 0 Å². The molecule has 0 radical (unpaired) electrons. The van der Waals surface area contributed by atoms with Gasteiger partial charge in [-0.2, -0.15) is 0 Å². The van der Waals surface area contributed by atoms with Crippen molar-refractivity contribution in [3.63, 3.8) is 0 Å². The van der Waals surface area contributed by atoms with E-state index in [1.54, 1.807) is 18.4 Å². The zero-order valence-corrected chi connectivity index (χ0v) is 11.8. The first-order valence-electron chi connectivity index (χ1n) is 6.82. The van der Waals surface area contributed by atoms with Crippen molar-refractivity contribution in [2.45, 2.75) is 50.4 Å². The third kappa shape index (κ3) is 2.42. The molecule has 0 aromatic carbocycles. The molecule has 3 rings (SSSR count). The maximum Gasteiger partial charge on any atom is 0.261 e. The molecular weight excluding hydrogens is 262 g/mol. The summed E-state index contributed by atoms with van der Waals surface area (Å²) >= 11 is 1.60. The molecule has 4 nitrogen and oxygen atoms in total. The van der Waals surface area contributed by atoms with Gasteiger partial charge in [0.05, 0.1) is 17.0 Å². The number of thiophene rings is 1. The number of hydrogen-bond donors (Lipinski definition) is 2. The number of carbonyl (C=O) groups excluding carboxylic acids is 1. The van der Waals surface area contributed by atoms with Crippen LogP contribution in [0, 0.1) is 0 Å². The Balaban J connectivity index is 1.65. The molecule has 1 aromatic heterocycles. The van der Waals surface area contributed by atoms with Crippen molar-refractivity contribution in [3.05, 3.63) is 21.4 Å². The maximum atomic E-state index is 12.2. The average Bonchev–Trinajstić information content (AvgIpc) is 3.04. The summed E-state index contributed by atoms with van der Waals surface area (Å²) in [7, 11) is 1.60. The Morgan fingerprint density at radius 1 is 1.47 bits per heavy atom. The number of aliphatic hydroxyl groups excluding tert-OH is 1. The molecule has 1 amide bonds. The molecule has 2 aliphatic carbocycles. The molecular formula is C14H19NO3S. The van der Waals surface area contributed by atoms with Crippen LogP contribution in [0.5, 0.6) is 0 Å². The summed E-state index contributed by atoms with van der Waals surface area (Å²) in [6, 6.07) is 1.83. The number of aryl methyl sites for hydroxylation is 2. The Labute approximate surface area is 116 Å². The van der Waals surface area contributed by atoms with Crippen LogP contribution in [-0.2, 0) is 17.6 Å². The second-order valence-corrected chi connectivity index (χ2v) is 6.47. The number of carbonyl (C=O) groups is 1. The molecule has 0 spiro atoms. The SMILES string of the molecule is CO[C@@H]1CC[C@@H](NC(=O)c2cc3c(s2)CCC3)[C@H]1O. The quantitative estimate of drug-likeness (QED) is 0.883. The summed E-state index contributed by atoms with van der Waals surface area (Å²) in [6.07, 6.45) is 4.22. The number of hydrogen-bond acceptors (Lipinski definition) is 4.